The number of likely N-dealkylation sites (N-methyl/N-ethyl adjacent to an activating group) is 1. The fourth-order valence-electron chi connectivity index (χ4n) is 2.11. The summed E-state index contributed by atoms with van der Waals surface area (Å²) in [5.74, 6) is -0.0507. The van der Waals surface area contributed by atoms with Gasteiger partial charge < -0.3 is 10.2 Å². The maximum absolute atomic E-state index is 12.3. The van der Waals surface area contributed by atoms with Crippen molar-refractivity contribution in [2.45, 2.75) is 13.0 Å². The molecular formula is C16H19BrN2OS. The molecule has 2 aromatic rings. The zero-order valence-electron chi connectivity index (χ0n) is 12.4. The second-order valence-electron chi connectivity index (χ2n) is 5.19. The van der Waals surface area contributed by atoms with Gasteiger partial charge in [-0.2, -0.15) is 0 Å². The van der Waals surface area contributed by atoms with Gasteiger partial charge in [-0.05, 0) is 66.1 Å². The maximum atomic E-state index is 12.3. The molecule has 0 saturated heterocycles. The second-order valence-corrected chi connectivity index (χ2v) is 7.02. The smallest absolute Gasteiger partial charge is 0.252 e. The van der Waals surface area contributed by atoms with Gasteiger partial charge in [-0.25, -0.2) is 0 Å². The van der Waals surface area contributed by atoms with Gasteiger partial charge in [-0.15, -0.1) is 11.3 Å². The Morgan fingerprint density at radius 1 is 1.38 bits per heavy atom. The first kappa shape index (κ1) is 16.2. The van der Waals surface area contributed by atoms with E-state index in [1.54, 1.807) is 11.3 Å². The van der Waals surface area contributed by atoms with Crippen molar-refractivity contribution in [1.82, 2.24) is 10.2 Å². The van der Waals surface area contributed by atoms with Gasteiger partial charge in [-0.3, -0.25) is 4.79 Å². The number of carbonyl (C=O) groups excluding carboxylic acids is 1. The number of thiophene rings is 1. The molecule has 0 aliphatic carbocycles. The van der Waals surface area contributed by atoms with E-state index in [0.29, 0.717) is 12.1 Å². The second kappa shape index (κ2) is 7.20. The van der Waals surface area contributed by atoms with E-state index < -0.39 is 0 Å². The monoisotopic (exact) mass is 366 g/mol. The van der Waals surface area contributed by atoms with Crippen LogP contribution in [-0.2, 0) is 0 Å². The van der Waals surface area contributed by atoms with Gasteiger partial charge in [0.2, 0.25) is 0 Å². The Morgan fingerprint density at radius 3 is 2.71 bits per heavy atom. The van der Waals surface area contributed by atoms with Crippen molar-refractivity contribution in [3.05, 3.63) is 56.2 Å². The van der Waals surface area contributed by atoms with Gasteiger partial charge in [0.1, 0.15) is 0 Å². The molecule has 0 aliphatic heterocycles. The van der Waals surface area contributed by atoms with E-state index >= 15 is 0 Å². The highest BCUT2D eigenvalue weighted by atomic mass is 79.9. The van der Waals surface area contributed by atoms with Crippen LogP contribution in [0.4, 0.5) is 0 Å². The lowest BCUT2D eigenvalue weighted by Gasteiger charge is -2.23. The van der Waals surface area contributed by atoms with Crippen LogP contribution in [0.5, 0.6) is 0 Å². The van der Waals surface area contributed by atoms with E-state index in [0.717, 1.165) is 10.0 Å². The lowest BCUT2D eigenvalue weighted by molar-refractivity contribution is 0.0941. The van der Waals surface area contributed by atoms with Crippen molar-refractivity contribution >= 4 is 33.2 Å². The van der Waals surface area contributed by atoms with E-state index in [-0.39, 0.29) is 11.9 Å². The molecule has 0 fully saturated rings. The van der Waals surface area contributed by atoms with Crippen LogP contribution in [0.3, 0.4) is 0 Å². The van der Waals surface area contributed by atoms with Crippen LogP contribution >= 0.6 is 27.3 Å². The van der Waals surface area contributed by atoms with Crippen LogP contribution < -0.4 is 5.32 Å². The standard InChI is InChI=1S/C16H19BrN2OS/c1-11-6-7-12(13(17)9-11)16(20)18-10-14(19(2)3)15-5-4-8-21-15/h4-9,14H,10H2,1-3H3,(H,18,20). The Morgan fingerprint density at radius 2 is 2.14 bits per heavy atom. The number of hydrogen-bond donors (Lipinski definition) is 1. The number of amides is 1. The van der Waals surface area contributed by atoms with E-state index in [1.807, 2.05) is 45.3 Å². The summed E-state index contributed by atoms with van der Waals surface area (Å²) in [7, 11) is 4.05. The summed E-state index contributed by atoms with van der Waals surface area (Å²) in [6.07, 6.45) is 0. The number of benzene rings is 1. The molecule has 1 N–H and O–H groups in total. The number of nitrogens with zero attached hydrogens (tertiary/aromatic N) is 1. The van der Waals surface area contributed by atoms with E-state index in [9.17, 15) is 4.79 Å². The Kier molecular flexibility index (Phi) is 5.56. The van der Waals surface area contributed by atoms with Gasteiger partial charge >= 0.3 is 0 Å². The van der Waals surface area contributed by atoms with Crippen molar-refractivity contribution in [3.63, 3.8) is 0 Å². The summed E-state index contributed by atoms with van der Waals surface area (Å²) in [6.45, 7) is 2.60. The zero-order chi connectivity index (χ0) is 15.4. The van der Waals surface area contributed by atoms with Crippen LogP contribution in [-0.4, -0.2) is 31.4 Å². The SMILES string of the molecule is Cc1ccc(C(=O)NCC(c2cccs2)N(C)C)c(Br)c1. The molecule has 2 rings (SSSR count). The first-order valence-corrected chi connectivity index (χ1v) is 8.40. The molecule has 3 nitrogen and oxygen atoms in total. The third-order valence-corrected chi connectivity index (χ3v) is 4.95. The fourth-order valence-corrected chi connectivity index (χ4v) is 3.70. The molecule has 1 heterocycles. The van der Waals surface area contributed by atoms with E-state index in [2.05, 4.69) is 37.6 Å². The highest BCUT2D eigenvalue weighted by Gasteiger charge is 2.17. The van der Waals surface area contributed by atoms with E-state index in [1.165, 1.54) is 4.88 Å². The summed E-state index contributed by atoms with van der Waals surface area (Å²) in [6, 6.07) is 10.1. The normalized spacial score (nSPS) is 12.4. The number of nitrogens with one attached hydrogen (secondary N) is 1. The van der Waals surface area contributed by atoms with E-state index in [4.69, 9.17) is 0 Å². The Bertz CT molecular complexity index is 611. The minimum atomic E-state index is -0.0507. The summed E-state index contributed by atoms with van der Waals surface area (Å²) < 4.78 is 0.831. The van der Waals surface area contributed by atoms with Gasteiger partial charge in [0.15, 0.2) is 0 Å². The number of aryl methyl sites for hydroxylation is 1. The lowest BCUT2D eigenvalue weighted by atomic mass is 10.1. The maximum Gasteiger partial charge on any atom is 0.252 e. The van der Waals surface area contributed by atoms with Crippen molar-refractivity contribution < 1.29 is 4.79 Å². The topological polar surface area (TPSA) is 32.3 Å². The summed E-state index contributed by atoms with van der Waals surface area (Å²) >= 11 is 5.16. The third kappa shape index (κ3) is 4.15. The molecule has 0 aliphatic rings. The first-order chi connectivity index (χ1) is 9.99. The Balaban J connectivity index is 2.05. The lowest BCUT2D eigenvalue weighted by Crippen LogP contribution is -2.34. The fraction of sp³-hybridized carbons (Fsp3) is 0.312. The van der Waals surface area contributed by atoms with Gasteiger partial charge in [0.05, 0.1) is 11.6 Å². The van der Waals surface area contributed by atoms with Gasteiger partial charge in [-0.1, -0.05) is 12.1 Å². The summed E-state index contributed by atoms with van der Waals surface area (Å²) in [5, 5.41) is 5.08. The molecule has 0 radical (unpaired) electrons. The van der Waals surface area contributed by atoms with Crippen molar-refractivity contribution in [3.8, 4) is 0 Å². The molecule has 0 saturated carbocycles. The largest absolute Gasteiger partial charge is 0.350 e. The third-order valence-electron chi connectivity index (χ3n) is 3.32. The quantitative estimate of drug-likeness (QED) is 0.871. The Hall–Kier alpha value is -1.17. The first-order valence-electron chi connectivity index (χ1n) is 6.73. The molecule has 0 bridgehead atoms. The number of hydrogen-bond acceptors (Lipinski definition) is 3. The van der Waals surface area contributed by atoms with Crippen LogP contribution in [0.25, 0.3) is 0 Å². The van der Waals surface area contributed by atoms with Gasteiger partial charge in [0.25, 0.3) is 5.91 Å². The number of halogens is 1. The number of carbonyl (C=O) groups is 1. The summed E-state index contributed by atoms with van der Waals surface area (Å²) in [4.78, 5) is 15.7. The summed E-state index contributed by atoms with van der Waals surface area (Å²) in [5.41, 5.74) is 1.80. The molecule has 1 aromatic carbocycles. The molecular weight excluding hydrogens is 348 g/mol. The van der Waals surface area contributed by atoms with Crippen LogP contribution in [0.15, 0.2) is 40.2 Å². The molecule has 1 atom stereocenters. The van der Waals surface area contributed by atoms with Crippen molar-refractivity contribution in [1.29, 1.82) is 0 Å². The van der Waals surface area contributed by atoms with Crippen molar-refractivity contribution in [2.75, 3.05) is 20.6 Å². The average Bonchev–Trinajstić information content (AvgIpc) is 2.92. The van der Waals surface area contributed by atoms with Crippen LogP contribution in [0.2, 0.25) is 0 Å². The molecule has 112 valence electrons. The van der Waals surface area contributed by atoms with Gasteiger partial charge in [0, 0.05) is 15.9 Å². The van der Waals surface area contributed by atoms with Crippen LogP contribution in [0, 0.1) is 6.92 Å². The molecule has 1 amide bonds. The molecule has 5 heteroatoms. The predicted octanol–water partition coefficient (Wildman–Crippen LogP) is 3.85. The predicted molar refractivity (Wildman–Crippen MR) is 92.0 cm³/mol. The Labute approximate surface area is 138 Å². The number of rotatable bonds is 5. The highest BCUT2D eigenvalue weighted by Crippen LogP contribution is 2.23. The molecule has 0 spiro atoms. The molecule has 1 unspecified atom stereocenters. The minimum Gasteiger partial charge on any atom is -0.350 e. The zero-order valence-corrected chi connectivity index (χ0v) is 14.8. The highest BCUT2D eigenvalue weighted by molar-refractivity contribution is 9.10. The molecule has 21 heavy (non-hydrogen) atoms. The van der Waals surface area contributed by atoms with Crippen molar-refractivity contribution in [2.24, 2.45) is 0 Å². The average molecular weight is 367 g/mol. The minimum absolute atomic E-state index is 0.0507. The molecule has 1 aromatic heterocycles. The van der Waals surface area contributed by atoms with Crippen LogP contribution in [0.1, 0.15) is 26.8 Å².